The van der Waals surface area contributed by atoms with Crippen LogP contribution >= 0.6 is 0 Å². The molecule has 0 radical (unpaired) electrons. The van der Waals surface area contributed by atoms with Gasteiger partial charge < -0.3 is 5.32 Å². The molecule has 3 rings (SSSR count). The minimum absolute atomic E-state index is 0.139. The van der Waals surface area contributed by atoms with Gasteiger partial charge >= 0.3 is 0 Å². The van der Waals surface area contributed by atoms with Gasteiger partial charge in [-0.15, -0.1) is 0 Å². The van der Waals surface area contributed by atoms with Crippen LogP contribution in [0.5, 0.6) is 0 Å². The van der Waals surface area contributed by atoms with Gasteiger partial charge in [-0.05, 0) is 64.8 Å². The SMILES string of the molecule is Cc1ccc(NC(=O)CCn2c(C)nc3c(cnn3C(C)(C)C)c2=O)cc1C. The number of benzene rings is 1. The number of hydrogen-bond donors (Lipinski definition) is 1. The van der Waals surface area contributed by atoms with Crippen molar-refractivity contribution in [3.05, 3.63) is 51.7 Å². The van der Waals surface area contributed by atoms with E-state index >= 15 is 0 Å². The molecule has 1 aromatic carbocycles. The molecule has 0 aliphatic carbocycles. The van der Waals surface area contributed by atoms with E-state index in [0.29, 0.717) is 16.9 Å². The number of nitrogens with one attached hydrogen (secondary N) is 1. The lowest BCUT2D eigenvalue weighted by atomic mass is 10.1. The molecular weight excluding hydrogens is 354 g/mol. The van der Waals surface area contributed by atoms with E-state index in [0.717, 1.165) is 11.3 Å². The maximum atomic E-state index is 12.9. The summed E-state index contributed by atoms with van der Waals surface area (Å²) in [6, 6.07) is 5.80. The normalized spacial score (nSPS) is 11.8. The van der Waals surface area contributed by atoms with E-state index in [-0.39, 0.29) is 30.0 Å². The Bertz CT molecular complexity index is 1100. The lowest BCUT2D eigenvalue weighted by molar-refractivity contribution is -0.116. The Balaban J connectivity index is 1.80. The van der Waals surface area contributed by atoms with Gasteiger partial charge in [0.25, 0.3) is 5.56 Å². The maximum absolute atomic E-state index is 12.9. The molecule has 0 aliphatic heterocycles. The predicted octanol–water partition coefficient (Wildman–Crippen LogP) is 3.30. The van der Waals surface area contributed by atoms with E-state index in [4.69, 9.17) is 0 Å². The van der Waals surface area contributed by atoms with Gasteiger partial charge in [0.1, 0.15) is 11.2 Å². The summed E-state index contributed by atoms with van der Waals surface area (Å²) in [5.74, 6) is 0.433. The number of hydrogen-bond acceptors (Lipinski definition) is 4. The van der Waals surface area contributed by atoms with Gasteiger partial charge in [0.15, 0.2) is 5.65 Å². The van der Waals surface area contributed by atoms with Crippen LogP contribution in [0.25, 0.3) is 11.0 Å². The van der Waals surface area contributed by atoms with Gasteiger partial charge in [-0.3, -0.25) is 14.2 Å². The summed E-state index contributed by atoms with van der Waals surface area (Å²) in [7, 11) is 0. The first-order valence-corrected chi connectivity index (χ1v) is 9.40. The number of aryl methyl sites for hydroxylation is 3. The smallest absolute Gasteiger partial charge is 0.264 e. The average molecular weight is 381 g/mol. The van der Waals surface area contributed by atoms with Crippen molar-refractivity contribution in [2.45, 2.75) is 60.0 Å². The number of rotatable bonds is 4. The molecule has 0 atom stereocenters. The number of anilines is 1. The Hall–Kier alpha value is -2.96. The molecule has 0 saturated carbocycles. The molecule has 2 aromatic heterocycles. The summed E-state index contributed by atoms with van der Waals surface area (Å²) in [5, 5.41) is 7.69. The summed E-state index contributed by atoms with van der Waals surface area (Å²) in [6.07, 6.45) is 1.75. The van der Waals surface area contributed by atoms with Gasteiger partial charge in [-0.25, -0.2) is 9.67 Å². The minimum atomic E-state index is -0.272. The number of carbonyl (C=O) groups excluding carboxylic acids is 1. The summed E-state index contributed by atoms with van der Waals surface area (Å²) >= 11 is 0. The van der Waals surface area contributed by atoms with Crippen LogP contribution in [0, 0.1) is 20.8 Å². The molecular formula is C21H27N5O2. The Kier molecular flexibility index (Phi) is 5.10. The summed E-state index contributed by atoms with van der Waals surface area (Å²) in [5.41, 5.74) is 3.19. The number of carbonyl (C=O) groups is 1. The fourth-order valence-electron chi connectivity index (χ4n) is 3.12. The second-order valence-corrected chi connectivity index (χ2v) is 8.18. The molecule has 7 heteroatoms. The van der Waals surface area contributed by atoms with E-state index in [1.54, 1.807) is 17.8 Å². The van der Waals surface area contributed by atoms with Crippen LogP contribution < -0.4 is 10.9 Å². The highest BCUT2D eigenvalue weighted by Gasteiger charge is 2.21. The van der Waals surface area contributed by atoms with Crippen LogP contribution in [0.1, 0.15) is 44.1 Å². The lowest BCUT2D eigenvalue weighted by Crippen LogP contribution is -2.28. The third-order valence-corrected chi connectivity index (χ3v) is 4.87. The van der Waals surface area contributed by atoms with E-state index < -0.39 is 0 Å². The third kappa shape index (κ3) is 3.83. The molecule has 0 spiro atoms. The average Bonchev–Trinajstić information content (AvgIpc) is 3.02. The predicted molar refractivity (Wildman–Crippen MR) is 111 cm³/mol. The van der Waals surface area contributed by atoms with Gasteiger partial charge in [0.2, 0.25) is 5.91 Å². The maximum Gasteiger partial charge on any atom is 0.264 e. The zero-order valence-corrected chi connectivity index (χ0v) is 17.3. The fourth-order valence-corrected chi connectivity index (χ4v) is 3.12. The Morgan fingerprint density at radius 3 is 2.50 bits per heavy atom. The lowest BCUT2D eigenvalue weighted by Gasteiger charge is -2.20. The standard InChI is InChI=1S/C21H27N5O2/c1-13-7-8-16(11-14(13)2)24-18(27)9-10-25-15(3)23-19-17(20(25)28)12-22-26(19)21(4,5)6/h7-8,11-12H,9-10H2,1-6H3,(H,24,27). The van der Waals surface area contributed by atoms with Crippen molar-refractivity contribution in [3.8, 4) is 0 Å². The topological polar surface area (TPSA) is 81.8 Å². The first-order chi connectivity index (χ1) is 13.1. The van der Waals surface area contributed by atoms with Gasteiger partial charge in [-0.2, -0.15) is 5.10 Å². The molecule has 148 valence electrons. The van der Waals surface area contributed by atoms with E-state index in [1.165, 1.54) is 10.1 Å². The van der Waals surface area contributed by atoms with Crippen LogP contribution in [-0.2, 0) is 16.9 Å². The number of amides is 1. The minimum Gasteiger partial charge on any atom is -0.326 e. The molecule has 0 saturated heterocycles. The van der Waals surface area contributed by atoms with Crippen molar-refractivity contribution in [2.75, 3.05) is 5.32 Å². The van der Waals surface area contributed by atoms with Crippen molar-refractivity contribution in [3.63, 3.8) is 0 Å². The molecule has 0 bridgehead atoms. The number of aromatic nitrogens is 4. The molecule has 0 unspecified atom stereocenters. The molecule has 7 nitrogen and oxygen atoms in total. The molecule has 1 N–H and O–H groups in total. The van der Waals surface area contributed by atoms with Crippen molar-refractivity contribution in [1.82, 2.24) is 19.3 Å². The first-order valence-electron chi connectivity index (χ1n) is 9.40. The highest BCUT2D eigenvalue weighted by molar-refractivity contribution is 5.90. The third-order valence-electron chi connectivity index (χ3n) is 4.87. The van der Waals surface area contributed by atoms with Gasteiger partial charge in [0, 0.05) is 18.7 Å². The molecule has 1 amide bonds. The van der Waals surface area contributed by atoms with E-state index in [1.807, 2.05) is 52.8 Å². The van der Waals surface area contributed by atoms with E-state index in [2.05, 4.69) is 15.4 Å². The largest absolute Gasteiger partial charge is 0.326 e. The quantitative estimate of drug-likeness (QED) is 0.752. The van der Waals surface area contributed by atoms with Crippen LogP contribution in [0.4, 0.5) is 5.69 Å². The number of fused-ring (bicyclic) bond motifs is 1. The fraction of sp³-hybridized carbons (Fsp3) is 0.429. The monoisotopic (exact) mass is 381 g/mol. The second-order valence-electron chi connectivity index (χ2n) is 8.18. The number of nitrogens with zero attached hydrogens (tertiary/aromatic N) is 4. The Labute approximate surface area is 164 Å². The zero-order valence-electron chi connectivity index (χ0n) is 17.3. The zero-order chi connectivity index (χ0) is 20.6. The van der Waals surface area contributed by atoms with Crippen LogP contribution in [-0.4, -0.2) is 25.2 Å². The Morgan fingerprint density at radius 2 is 1.86 bits per heavy atom. The molecule has 3 aromatic rings. The highest BCUT2D eigenvalue weighted by atomic mass is 16.2. The summed E-state index contributed by atoms with van der Waals surface area (Å²) in [4.78, 5) is 29.8. The van der Waals surface area contributed by atoms with Crippen molar-refractivity contribution in [1.29, 1.82) is 0 Å². The van der Waals surface area contributed by atoms with Crippen LogP contribution in [0.15, 0.2) is 29.2 Å². The summed E-state index contributed by atoms with van der Waals surface area (Å²) < 4.78 is 3.30. The van der Waals surface area contributed by atoms with Crippen molar-refractivity contribution in [2.24, 2.45) is 0 Å². The van der Waals surface area contributed by atoms with E-state index in [9.17, 15) is 9.59 Å². The van der Waals surface area contributed by atoms with Crippen LogP contribution in [0.2, 0.25) is 0 Å². The molecule has 0 fully saturated rings. The summed E-state index contributed by atoms with van der Waals surface area (Å²) in [6.45, 7) is 12.1. The molecule has 2 heterocycles. The highest BCUT2D eigenvalue weighted by Crippen LogP contribution is 2.19. The first kappa shape index (κ1) is 19.8. The molecule has 0 aliphatic rings. The van der Waals surface area contributed by atoms with Gasteiger partial charge in [0.05, 0.1) is 11.7 Å². The van der Waals surface area contributed by atoms with Crippen molar-refractivity contribution >= 4 is 22.6 Å². The Morgan fingerprint density at radius 1 is 1.14 bits per heavy atom. The second kappa shape index (κ2) is 7.22. The van der Waals surface area contributed by atoms with Gasteiger partial charge in [-0.1, -0.05) is 6.07 Å². The van der Waals surface area contributed by atoms with Crippen molar-refractivity contribution < 1.29 is 4.79 Å². The molecule has 28 heavy (non-hydrogen) atoms. The van der Waals surface area contributed by atoms with Crippen LogP contribution in [0.3, 0.4) is 0 Å².